The Morgan fingerprint density at radius 3 is 2.32 bits per heavy atom. The Balaban J connectivity index is 1.20. The first-order valence-electron chi connectivity index (χ1n) is 18.4. The fourth-order valence-corrected chi connectivity index (χ4v) is 7.30. The molecule has 0 radical (unpaired) electrons. The summed E-state index contributed by atoms with van der Waals surface area (Å²) < 4.78 is 7.29. The second-order valence-electron chi connectivity index (χ2n) is 14.7. The van der Waals surface area contributed by atoms with E-state index in [1.54, 1.807) is 33.0 Å². The van der Waals surface area contributed by atoms with Crippen LogP contribution in [0.3, 0.4) is 0 Å². The Morgan fingerprint density at radius 1 is 0.893 bits per heavy atom. The van der Waals surface area contributed by atoms with Crippen molar-refractivity contribution in [2.24, 2.45) is 5.92 Å². The topological polar surface area (TPSA) is 146 Å². The van der Waals surface area contributed by atoms with Gasteiger partial charge in [-0.2, -0.15) is 0 Å². The van der Waals surface area contributed by atoms with E-state index in [9.17, 15) is 14.4 Å². The van der Waals surface area contributed by atoms with E-state index in [0.717, 1.165) is 22.2 Å². The summed E-state index contributed by atoms with van der Waals surface area (Å²) >= 11 is 12.8. The molecule has 14 heteroatoms. The monoisotopic (exact) mass is 792 g/mol. The second kappa shape index (κ2) is 16.1. The summed E-state index contributed by atoms with van der Waals surface area (Å²) in [6.45, 7) is 8.33. The molecule has 12 nitrogen and oxygen atoms in total. The van der Waals surface area contributed by atoms with Crippen molar-refractivity contribution in [3.05, 3.63) is 119 Å². The van der Waals surface area contributed by atoms with Crippen LogP contribution in [0.1, 0.15) is 62.6 Å². The van der Waals surface area contributed by atoms with Crippen LogP contribution in [0.2, 0.25) is 10.0 Å². The molecule has 288 valence electrons. The first-order chi connectivity index (χ1) is 26.9. The molecular formula is C42H42Cl2N8O4. The van der Waals surface area contributed by atoms with Gasteiger partial charge in [0.25, 0.3) is 5.91 Å². The van der Waals surface area contributed by atoms with Crippen LogP contribution in [0, 0.1) is 5.92 Å². The van der Waals surface area contributed by atoms with Gasteiger partial charge >= 0.3 is 6.09 Å². The summed E-state index contributed by atoms with van der Waals surface area (Å²) in [5.74, 6) is -0.424. The molecule has 56 heavy (non-hydrogen) atoms. The van der Waals surface area contributed by atoms with Gasteiger partial charge in [-0.05, 0) is 82.5 Å². The molecule has 3 aromatic carbocycles. The number of H-pyrrole nitrogens is 1. The number of imidazole rings is 1. The summed E-state index contributed by atoms with van der Waals surface area (Å²) in [6.07, 6.45) is 3.78. The fraction of sp³-hybridized carbons (Fsp3) is 0.262. The number of carbonyl (C=O) groups excluding carboxylic acids is 3. The number of halogens is 2. The van der Waals surface area contributed by atoms with Crippen molar-refractivity contribution in [3.8, 4) is 22.5 Å². The number of ether oxygens (including phenoxy) is 1. The van der Waals surface area contributed by atoms with Crippen molar-refractivity contribution in [1.29, 1.82) is 0 Å². The number of rotatable bonds is 8. The van der Waals surface area contributed by atoms with E-state index in [4.69, 9.17) is 32.9 Å². The van der Waals surface area contributed by atoms with Gasteiger partial charge in [0.05, 0.1) is 29.4 Å². The first-order valence-corrected chi connectivity index (χ1v) is 19.1. The molecular weight excluding hydrogens is 751 g/mol. The smallest absolute Gasteiger partial charge is 0.426 e. The number of anilines is 2. The number of aromatic nitrogens is 4. The number of piperidine rings is 1. The van der Waals surface area contributed by atoms with Gasteiger partial charge < -0.3 is 24.5 Å². The average molecular weight is 794 g/mol. The minimum absolute atomic E-state index is 0.177. The highest BCUT2D eigenvalue weighted by Crippen LogP contribution is 2.42. The molecule has 1 aliphatic rings. The molecule has 3 aromatic heterocycles. The minimum Gasteiger partial charge on any atom is -0.443 e. The quantitative estimate of drug-likeness (QED) is 0.113. The number of carbonyl (C=O) groups is 3. The second-order valence-corrected chi connectivity index (χ2v) is 15.6. The van der Waals surface area contributed by atoms with Gasteiger partial charge in [0.15, 0.2) is 5.82 Å². The first kappa shape index (κ1) is 38.4. The highest BCUT2D eigenvalue weighted by Gasteiger charge is 2.30. The maximum atomic E-state index is 14.6. The Morgan fingerprint density at radius 2 is 1.61 bits per heavy atom. The maximum absolute atomic E-state index is 14.6. The maximum Gasteiger partial charge on any atom is 0.426 e. The van der Waals surface area contributed by atoms with Crippen molar-refractivity contribution in [1.82, 2.24) is 30.4 Å². The van der Waals surface area contributed by atoms with Crippen molar-refractivity contribution in [2.45, 2.75) is 52.2 Å². The molecule has 1 fully saturated rings. The number of nitrogens with one attached hydrogen (secondary N) is 4. The van der Waals surface area contributed by atoms with E-state index in [1.807, 2.05) is 90.1 Å². The average Bonchev–Trinajstić information content (AvgIpc) is 3.78. The molecule has 0 spiro atoms. The highest BCUT2D eigenvalue weighted by atomic mass is 35.5. The lowest BCUT2D eigenvalue weighted by Gasteiger charge is -2.33. The number of aromatic amines is 1. The molecule has 0 aliphatic carbocycles. The van der Waals surface area contributed by atoms with Crippen LogP contribution in [0.4, 0.5) is 16.3 Å². The van der Waals surface area contributed by atoms with Gasteiger partial charge in [-0.25, -0.2) is 20.2 Å². The van der Waals surface area contributed by atoms with E-state index < -0.39 is 11.7 Å². The van der Waals surface area contributed by atoms with Gasteiger partial charge in [-0.3, -0.25) is 15.0 Å². The van der Waals surface area contributed by atoms with Gasteiger partial charge in [0, 0.05) is 57.3 Å². The van der Waals surface area contributed by atoms with Crippen LogP contribution in [-0.4, -0.2) is 56.1 Å². The Hall–Kier alpha value is -5.85. The van der Waals surface area contributed by atoms with E-state index in [2.05, 4.69) is 37.6 Å². The third kappa shape index (κ3) is 8.36. The van der Waals surface area contributed by atoms with Crippen LogP contribution < -0.4 is 21.1 Å². The summed E-state index contributed by atoms with van der Waals surface area (Å²) in [7, 11) is 0. The Bertz CT molecular complexity index is 2380. The molecule has 1 atom stereocenters. The minimum atomic E-state index is -0.727. The number of benzene rings is 3. The van der Waals surface area contributed by atoms with E-state index in [-0.39, 0.29) is 23.8 Å². The molecule has 4 heterocycles. The van der Waals surface area contributed by atoms with E-state index in [1.165, 1.54) is 0 Å². The number of pyridine rings is 1. The van der Waals surface area contributed by atoms with Crippen molar-refractivity contribution >= 4 is 63.5 Å². The van der Waals surface area contributed by atoms with Crippen LogP contribution in [0.5, 0.6) is 0 Å². The molecule has 7 rings (SSSR count). The SMILES string of the molecule is C[C@@H](c1ccc(Cl)cc1)n1cnc(-c2ccccc2)c1-c1c(C(=O)Nc2cccnc2N2CCC(C(=O)NNC(=O)OC(C)(C)C)CC2)[nH]c2cc(Cl)ccc12. The third-order valence-corrected chi connectivity index (χ3v) is 10.2. The zero-order chi connectivity index (χ0) is 39.6. The standard InChI is InChI=1S/C42H42Cl2N8O4/c1-25(26-12-14-29(43)15-13-26)52-24-46-35(27-9-6-5-7-10-27)37(52)34-31-17-16-30(44)23-33(31)47-36(34)40(54)48-32-11-8-20-45-38(32)51-21-18-28(19-22-51)39(53)49-50-41(55)56-42(2,3)4/h5-17,20,23-25,28,47H,18-19,21-22H2,1-4H3,(H,48,54)(H,49,53)(H,50,55)/t25-/m0/s1. The predicted octanol–water partition coefficient (Wildman–Crippen LogP) is 9.03. The number of hydrogen-bond donors (Lipinski definition) is 4. The summed E-state index contributed by atoms with van der Waals surface area (Å²) in [5.41, 5.74) is 9.70. The number of hydrazine groups is 1. The fourth-order valence-electron chi connectivity index (χ4n) is 7.00. The number of amides is 3. The summed E-state index contributed by atoms with van der Waals surface area (Å²) in [4.78, 5) is 54.6. The molecule has 1 aliphatic heterocycles. The summed E-state index contributed by atoms with van der Waals surface area (Å²) in [6, 6.07) is 26.5. The van der Waals surface area contributed by atoms with Crippen LogP contribution in [0.25, 0.3) is 33.4 Å². The van der Waals surface area contributed by atoms with Crippen molar-refractivity contribution in [3.63, 3.8) is 0 Å². The third-order valence-electron chi connectivity index (χ3n) is 9.72. The largest absolute Gasteiger partial charge is 0.443 e. The normalized spacial score (nSPS) is 14.0. The van der Waals surface area contributed by atoms with Crippen LogP contribution in [0.15, 0.2) is 97.5 Å². The lowest BCUT2D eigenvalue weighted by Crippen LogP contribution is -2.48. The zero-order valence-electron chi connectivity index (χ0n) is 31.4. The van der Waals surface area contributed by atoms with Crippen molar-refractivity contribution in [2.75, 3.05) is 23.3 Å². The number of fused-ring (bicyclic) bond motifs is 1. The molecule has 0 bridgehead atoms. The highest BCUT2D eigenvalue weighted by molar-refractivity contribution is 6.31. The summed E-state index contributed by atoms with van der Waals surface area (Å²) in [5, 5.41) is 5.11. The molecule has 6 aromatic rings. The Kier molecular flexibility index (Phi) is 11.0. The van der Waals surface area contributed by atoms with Crippen LogP contribution >= 0.6 is 23.2 Å². The molecule has 0 saturated carbocycles. The van der Waals surface area contributed by atoms with Gasteiger partial charge in [0.1, 0.15) is 11.3 Å². The van der Waals surface area contributed by atoms with Crippen molar-refractivity contribution < 1.29 is 19.1 Å². The lowest BCUT2D eigenvalue weighted by molar-refractivity contribution is -0.126. The zero-order valence-corrected chi connectivity index (χ0v) is 32.9. The molecule has 1 saturated heterocycles. The van der Waals surface area contributed by atoms with Crippen LogP contribution in [-0.2, 0) is 9.53 Å². The predicted molar refractivity (Wildman–Crippen MR) is 220 cm³/mol. The van der Waals surface area contributed by atoms with Gasteiger partial charge in [-0.1, -0.05) is 71.7 Å². The van der Waals surface area contributed by atoms with E-state index in [0.29, 0.717) is 69.9 Å². The molecule has 0 unspecified atom stereocenters. The lowest BCUT2D eigenvalue weighted by atomic mass is 9.96. The van der Waals surface area contributed by atoms with Gasteiger partial charge in [0.2, 0.25) is 5.91 Å². The Labute approximate surface area is 334 Å². The van der Waals surface area contributed by atoms with Gasteiger partial charge in [-0.15, -0.1) is 0 Å². The number of nitrogens with zero attached hydrogens (tertiary/aromatic N) is 4. The number of hydrogen-bond acceptors (Lipinski definition) is 7. The van der Waals surface area contributed by atoms with E-state index >= 15 is 0 Å². The molecule has 3 amide bonds. The molecule has 4 N–H and O–H groups in total.